The molecule has 0 aliphatic carbocycles. The fraction of sp³-hybridized carbons (Fsp3) is 0.100. The Morgan fingerprint density at radius 3 is 2.27 bits per heavy atom. The number of carboxylic acids is 1. The van der Waals surface area contributed by atoms with Crippen LogP contribution in [-0.4, -0.2) is 27.8 Å². The molecule has 5 N–H and O–H groups in total. The van der Waals surface area contributed by atoms with Crippen LogP contribution < -0.4 is 5.73 Å². The van der Waals surface area contributed by atoms with E-state index in [1.807, 2.05) is 0 Å². The van der Waals surface area contributed by atoms with E-state index in [2.05, 4.69) is 11.8 Å². The average molecular weight is 207 g/mol. The van der Waals surface area contributed by atoms with E-state index in [1.165, 1.54) is 0 Å². The third-order valence-corrected chi connectivity index (χ3v) is 1.66. The van der Waals surface area contributed by atoms with Crippen LogP contribution in [0.2, 0.25) is 0 Å². The summed E-state index contributed by atoms with van der Waals surface area (Å²) in [5, 5.41) is 27.4. The minimum absolute atomic E-state index is 0.0227. The van der Waals surface area contributed by atoms with Crippen molar-refractivity contribution >= 4 is 5.97 Å². The maximum absolute atomic E-state index is 10.6. The Morgan fingerprint density at radius 1 is 1.33 bits per heavy atom. The summed E-state index contributed by atoms with van der Waals surface area (Å²) in [6.45, 7) is 0.0829. The van der Waals surface area contributed by atoms with E-state index < -0.39 is 5.97 Å². The van der Waals surface area contributed by atoms with Crippen LogP contribution in [-0.2, 0) is 0 Å². The van der Waals surface area contributed by atoms with E-state index in [1.54, 1.807) is 0 Å². The number of carboxylic acid groups (broad SMARTS) is 1. The van der Waals surface area contributed by atoms with Gasteiger partial charge in [-0.05, 0) is 12.1 Å². The lowest BCUT2D eigenvalue weighted by atomic mass is 10.1. The first-order chi connectivity index (χ1) is 7.06. The Labute approximate surface area is 85.8 Å². The largest absolute Gasteiger partial charge is 0.506 e. The molecule has 0 aromatic heterocycles. The van der Waals surface area contributed by atoms with Crippen LogP contribution >= 0.6 is 0 Å². The molecule has 0 radical (unpaired) electrons. The zero-order valence-electron chi connectivity index (χ0n) is 7.69. The SMILES string of the molecule is NCC#Cc1c(O)cc(C(=O)O)cc1O. The Bertz CT molecular complexity index is 433. The van der Waals surface area contributed by atoms with Crippen LogP contribution in [0.5, 0.6) is 11.5 Å². The highest BCUT2D eigenvalue weighted by molar-refractivity contribution is 5.89. The molecule has 1 aromatic carbocycles. The molecule has 5 nitrogen and oxygen atoms in total. The van der Waals surface area contributed by atoms with Crippen LogP contribution in [0, 0.1) is 11.8 Å². The van der Waals surface area contributed by atoms with Crippen LogP contribution in [0.1, 0.15) is 15.9 Å². The van der Waals surface area contributed by atoms with Gasteiger partial charge in [-0.15, -0.1) is 0 Å². The van der Waals surface area contributed by atoms with Gasteiger partial charge in [-0.3, -0.25) is 0 Å². The Kier molecular flexibility index (Phi) is 3.16. The third kappa shape index (κ3) is 2.39. The lowest BCUT2D eigenvalue weighted by Gasteiger charge is -2.02. The number of phenolic OH excluding ortho intramolecular Hbond substituents is 2. The lowest BCUT2D eigenvalue weighted by molar-refractivity contribution is 0.0696. The van der Waals surface area contributed by atoms with E-state index >= 15 is 0 Å². The highest BCUT2D eigenvalue weighted by atomic mass is 16.4. The van der Waals surface area contributed by atoms with E-state index in [0.717, 1.165) is 12.1 Å². The van der Waals surface area contributed by atoms with Gasteiger partial charge < -0.3 is 21.1 Å². The second kappa shape index (κ2) is 4.35. The van der Waals surface area contributed by atoms with Crippen molar-refractivity contribution in [1.29, 1.82) is 0 Å². The summed E-state index contributed by atoms with van der Waals surface area (Å²) in [6.07, 6.45) is 0. The van der Waals surface area contributed by atoms with Crippen molar-refractivity contribution in [2.75, 3.05) is 6.54 Å². The first-order valence-electron chi connectivity index (χ1n) is 4.04. The lowest BCUT2D eigenvalue weighted by Crippen LogP contribution is -1.97. The van der Waals surface area contributed by atoms with Crippen molar-refractivity contribution in [1.82, 2.24) is 0 Å². The summed E-state index contributed by atoms with van der Waals surface area (Å²) in [5.41, 5.74) is 4.90. The van der Waals surface area contributed by atoms with Gasteiger partial charge >= 0.3 is 5.97 Å². The van der Waals surface area contributed by atoms with Crippen LogP contribution in [0.3, 0.4) is 0 Å². The summed E-state index contributed by atoms with van der Waals surface area (Å²) in [7, 11) is 0. The minimum Gasteiger partial charge on any atom is -0.506 e. The number of hydrogen-bond acceptors (Lipinski definition) is 4. The van der Waals surface area contributed by atoms with Crippen LogP contribution in [0.25, 0.3) is 0 Å². The normalized spacial score (nSPS) is 9.13. The number of aromatic hydroxyl groups is 2. The number of phenols is 2. The molecule has 0 aliphatic heterocycles. The predicted octanol–water partition coefficient (Wildman–Crippen LogP) is 0.106. The number of benzene rings is 1. The van der Waals surface area contributed by atoms with Crippen molar-refractivity contribution in [3.05, 3.63) is 23.3 Å². The summed E-state index contributed by atoms with van der Waals surface area (Å²) < 4.78 is 0. The Morgan fingerprint density at radius 2 is 1.87 bits per heavy atom. The van der Waals surface area contributed by atoms with Gasteiger partial charge in [-0.1, -0.05) is 11.8 Å². The summed E-state index contributed by atoms with van der Waals surface area (Å²) >= 11 is 0. The van der Waals surface area contributed by atoms with Gasteiger partial charge in [-0.25, -0.2) is 4.79 Å². The molecule has 0 aliphatic rings. The quantitative estimate of drug-likeness (QED) is 0.489. The van der Waals surface area contributed by atoms with Crippen molar-refractivity contribution in [2.45, 2.75) is 0 Å². The molecule has 0 fully saturated rings. The van der Waals surface area contributed by atoms with Gasteiger partial charge in [0.05, 0.1) is 12.1 Å². The molecule has 0 saturated carbocycles. The number of rotatable bonds is 1. The van der Waals surface area contributed by atoms with Crippen LogP contribution in [0.15, 0.2) is 12.1 Å². The fourth-order valence-corrected chi connectivity index (χ4v) is 1.00. The second-order valence-electron chi connectivity index (χ2n) is 2.70. The number of nitrogens with two attached hydrogens (primary N) is 1. The summed E-state index contributed by atoms with van der Waals surface area (Å²) in [5.74, 6) is 2.88. The molecular formula is C10H9NO4. The molecular weight excluding hydrogens is 198 g/mol. The molecule has 1 rings (SSSR count). The molecule has 15 heavy (non-hydrogen) atoms. The molecule has 0 spiro atoms. The monoisotopic (exact) mass is 207 g/mol. The topological polar surface area (TPSA) is 104 Å². The van der Waals surface area contributed by atoms with E-state index in [4.69, 9.17) is 10.8 Å². The standard InChI is InChI=1S/C10H9NO4/c11-3-1-2-7-8(12)4-6(10(14)15)5-9(7)13/h4-5,12-13H,3,11H2,(H,14,15). The molecule has 0 saturated heterocycles. The zero-order valence-corrected chi connectivity index (χ0v) is 7.69. The Hall–Kier alpha value is -2.19. The van der Waals surface area contributed by atoms with E-state index in [9.17, 15) is 15.0 Å². The molecule has 0 bridgehead atoms. The first-order valence-corrected chi connectivity index (χ1v) is 4.04. The predicted molar refractivity (Wildman–Crippen MR) is 52.7 cm³/mol. The third-order valence-electron chi connectivity index (χ3n) is 1.66. The van der Waals surface area contributed by atoms with Crippen molar-refractivity contribution in [3.63, 3.8) is 0 Å². The van der Waals surface area contributed by atoms with Gasteiger partial charge in [0.25, 0.3) is 0 Å². The highest BCUT2D eigenvalue weighted by Gasteiger charge is 2.11. The molecule has 0 unspecified atom stereocenters. The minimum atomic E-state index is -1.24. The maximum Gasteiger partial charge on any atom is 0.335 e. The molecule has 0 heterocycles. The number of carbonyl (C=O) groups is 1. The molecule has 5 heteroatoms. The fourth-order valence-electron chi connectivity index (χ4n) is 1.00. The second-order valence-corrected chi connectivity index (χ2v) is 2.70. The summed E-state index contributed by atoms with van der Waals surface area (Å²) in [4.78, 5) is 10.6. The molecule has 0 amide bonds. The smallest absolute Gasteiger partial charge is 0.335 e. The van der Waals surface area contributed by atoms with Crippen molar-refractivity contribution in [2.24, 2.45) is 5.73 Å². The molecule has 0 atom stereocenters. The highest BCUT2D eigenvalue weighted by Crippen LogP contribution is 2.27. The molecule has 78 valence electrons. The number of hydrogen-bond donors (Lipinski definition) is 4. The molecule has 1 aromatic rings. The van der Waals surface area contributed by atoms with Gasteiger partial charge in [0.1, 0.15) is 17.1 Å². The van der Waals surface area contributed by atoms with Crippen LogP contribution in [0.4, 0.5) is 0 Å². The Balaban J connectivity index is 3.27. The first kappa shape index (κ1) is 10.9. The van der Waals surface area contributed by atoms with Crippen molar-refractivity contribution in [3.8, 4) is 23.3 Å². The van der Waals surface area contributed by atoms with E-state index in [0.29, 0.717) is 0 Å². The number of aromatic carboxylic acids is 1. The summed E-state index contributed by atoms with van der Waals surface area (Å²) in [6, 6.07) is 2.03. The van der Waals surface area contributed by atoms with Crippen molar-refractivity contribution < 1.29 is 20.1 Å². The van der Waals surface area contributed by atoms with Gasteiger partial charge in [-0.2, -0.15) is 0 Å². The zero-order chi connectivity index (χ0) is 11.4. The van der Waals surface area contributed by atoms with Gasteiger partial charge in [0, 0.05) is 0 Å². The van der Waals surface area contributed by atoms with Gasteiger partial charge in [0.15, 0.2) is 0 Å². The average Bonchev–Trinajstić information content (AvgIpc) is 2.16. The van der Waals surface area contributed by atoms with Gasteiger partial charge in [0.2, 0.25) is 0 Å². The van der Waals surface area contributed by atoms with E-state index in [-0.39, 0.29) is 29.2 Å². The maximum atomic E-state index is 10.6.